The Balaban J connectivity index is 1.92. The number of rotatable bonds is 4. The summed E-state index contributed by atoms with van der Waals surface area (Å²) in [6.45, 7) is 4.22. The number of anilines is 2. The van der Waals surface area contributed by atoms with Crippen molar-refractivity contribution < 1.29 is 19.1 Å². The van der Waals surface area contributed by atoms with E-state index in [4.69, 9.17) is 9.47 Å². The average Bonchev–Trinajstić information content (AvgIpc) is 2.70. The van der Waals surface area contributed by atoms with Gasteiger partial charge in [0.05, 0.1) is 11.3 Å². The summed E-state index contributed by atoms with van der Waals surface area (Å²) in [5, 5.41) is 2.72. The van der Waals surface area contributed by atoms with E-state index in [1.54, 1.807) is 30.1 Å². The predicted molar refractivity (Wildman–Crippen MR) is 95.6 cm³/mol. The molecule has 0 unspecified atom stereocenters. The van der Waals surface area contributed by atoms with Gasteiger partial charge in [-0.25, -0.2) is 0 Å². The maximum atomic E-state index is 12.8. The Labute approximate surface area is 146 Å². The zero-order valence-corrected chi connectivity index (χ0v) is 14.5. The van der Waals surface area contributed by atoms with E-state index < -0.39 is 0 Å². The molecule has 0 atom stereocenters. The van der Waals surface area contributed by atoms with Gasteiger partial charge in [-0.15, -0.1) is 0 Å². The van der Waals surface area contributed by atoms with E-state index in [9.17, 15) is 9.59 Å². The number of ether oxygens (including phenoxy) is 2. The minimum atomic E-state index is -0.268. The van der Waals surface area contributed by atoms with Crippen LogP contribution in [-0.2, 0) is 9.53 Å². The molecule has 130 valence electrons. The Morgan fingerprint density at radius 2 is 1.96 bits per heavy atom. The Kier molecular flexibility index (Phi) is 4.72. The molecule has 1 aliphatic rings. The number of aryl methyl sites for hydroxylation is 1. The third kappa shape index (κ3) is 3.49. The number of carbonyl (C=O) groups is 2. The van der Waals surface area contributed by atoms with Crippen LogP contribution in [0, 0.1) is 6.92 Å². The Morgan fingerprint density at radius 3 is 2.72 bits per heavy atom. The number of nitrogens with zero attached hydrogens (tertiary/aromatic N) is 1. The van der Waals surface area contributed by atoms with Crippen molar-refractivity contribution in [3.8, 4) is 11.5 Å². The van der Waals surface area contributed by atoms with Gasteiger partial charge in [0.2, 0.25) is 5.91 Å². The number of amides is 2. The summed E-state index contributed by atoms with van der Waals surface area (Å²) < 4.78 is 11.0. The van der Waals surface area contributed by atoms with Crippen LogP contribution in [0.3, 0.4) is 0 Å². The highest BCUT2D eigenvalue weighted by Crippen LogP contribution is 2.39. The lowest BCUT2D eigenvalue weighted by Crippen LogP contribution is -2.25. The number of fused-ring (bicyclic) bond motifs is 2. The lowest BCUT2D eigenvalue weighted by atomic mass is 10.1. The third-order valence-electron chi connectivity index (χ3n) is 3.93. The van der Waals surface area contributed by atoms with Crippen LogP contribution < -0.4 is 15.0 Å². The summed E-state index contributed by atoms with van der Waals surface area (Å²) in [7, 11) is 1.71. The number of hydrogen-bond donors (Lipinski definition) is 1. The van der Waals surface area contributed by atoms with Crippen LogP contribution in [0.4, 0.5) is 11.4 Å². The molecule has 0 spiro atoms. The minimum absolute atomic E-state index is 0.0251. The van der Waals surface area contributed by atoms with Crippen LogP contribution in [0.25, 0.3) is 0 Å². The van der Waals surface area contributed by atoms with Crippen LogP contribution in [0.15, 0.2) is 36.4 Å². The molecule has 1 N–H and O–H groups in total. The summed E-state index contributed by atoms with van der Waals surface area (Å²) in [5.41, 5.74) is 2.67. The van der Waals surface area contributed by atoms with Gasteiger partial charge in [0.25, 0.3) is 5.91 Å². The predicted octanol–water partition coefficient (Wildman–Crippen LogP) is 3.35. The fourth-order valence-electron chi connectivity index (χ4n) is 2.64. The van der Waals surface area contributed by atoms with Crippen LogP contribution in [-0.4, -0.2) is 32.1 Å². The Hall–Kier alpha value is -2.86. The van der Waals surface area contributed by atoms with Crippen molar-refractivity contribution in [3.63, 3.8) is 0 Å². The second kappa shape index (κ2) is 6.94. The molecule has 0 saturated heterocycles. The number of carbonyl (C=O) groups excluding carboxylic acids is 2. The van der Waals surface area contributed by atoms with Gasteiger partial charge in [-0.1, -0.05) is 6.07 Å². The molecule has 1 heterocycles. The van der Waals surface area contributed by atoms with Crippen LogP contribution >= 0.6 is 0 Å². The van der Waals surface area contributed by atoms with Crippen molar-refractivity contribution in [2.45, 2.75) is 13.8 Å². The smallest absolute Gasteiger partial charge is 0.261 e. The molecule has 3 rings (SSSR count). The fraction of sp³-hybridized carbons (Fsp3) is 0.263. The second-order valence-corrected chi connectivity index (χ2v) is 5.83. The Bertz CT molecular complexity index is 832. The summed E-state index contributed by atoms with van der Waals surface area (Å²) in [6.07, 6.45) is 0. The van der Waals surface area contributed by atoms with Gasteiger partial charge in [0.15, 0.2) is 5.75 Å². The van der Waals surface area contributed by atoms with Crippen LogP contribution in [0.2, 0.25) is 0 Å². The minimum Gasteiger partial charge on any atom is -0.454 e. The molecule has 0 aliphatic carbocycles. The molecule has 0 fully saturated rings. The molecule has 6 nitrogen and oxygen atoms in total. The fourth-order valence-corrected chi connectivity index (χ4v) is 2.64. The monoisotopic (exact) mass is 340 g/mol. The summed E-state index contributed by atoms with van der Waals surface area (Å²) in [6, 6.07) is 10.7. The van der Waals surface area contributed by atoms with Gasteiger partial charge < -0.3 is 19.7 Å². The standard InChI is InChI=1S/C19H20N2O4/c1-4-24-11-18(22)20-13-6-8-16-14(10-13)19(23)21(3)15-9-12(2)5-7-17(15)25-16/h5-10H,4,11H2,1-3H3,(H,20,22). The van der Waals surface area contributed by atoms with E-state index in [1.165, 1.54) is 0 Å². The number of nitrogens with one attached hydrogen (secondary N) is 1. The summed E-state index contributed by atoms with van der Waals surface area (Å²) in [5.74, 6) is 0.618. The van der Waals surface area contributed by atoms with Crippen molar-refractivity contribution in [1.82, 2.24) is 0 Å². The van der Waals surface area contributed by atoms with Gasteiger partial charge in [-0.2, -0.15) is 0 Å². The van der Waals surface area contributed by atoms with E-state index in [2.05, 4.69) is 5.32 Å². The lowest BCUT2D eigenvalue weighted by Gasteiger charge is -2.16. The molecule has 1 aliphatic heterocycles. The van der Waals surface area contributed by atoms with Gasteiger partial charge in [-0.3, -0.25) is 9.59 Å². The third-order valence-corrected chi connectivity index (χ3v) is 3.93. The first-order valence-corrected chi connectivity index (χ1v) is 8.08. The number of benzene rings is 2. The highest BCUT2D eigenvalue weighted by molar-refractivity contribution is 6.10. The van der Waals surface area contributed by atoms with Crippen molar-refractivity contribution in [2.75, 3.05) is 30.5 Å². The molecular formula is C19H20N2O4. The molecule has 6 heteroatoms. The summed E-state index contributed by atoms with van der Waals surface area (Å²) in [4.78, 5) is 26.2. The maximum absolute atomic E-state index is 12.8. The first kappa shape index (κ1) is 17.0. The van der Waals surface area contributed by atoms with E-state index in [1.807, 2.05) is 32.0 Å². The summed E-state index contributed by atoms with van der Waals surface area (Å²) >= 11 is 0. The van der Waals surface area contributed by atoms with Crippen molar-refractivity contribution in [1.29, 1.82) is 0 Å². The first-order valence-electron chi connectivity index (χ1n) is 8.08. The molecule has 0 radical (unpaired) electrons. The molecule has 0 aromatic heterocycles. The van der Waals surface area contributed by atoms with Crippen LogP contribution in [0.1, 0.15) is 22.8 Å². The van der Waals surface area contributed by atoms with E-state index in [-0.39, 0.29) is 18.4 Å². The molecule has 0 saturated carbocycles. The molecular weight excluding hydrogens is 320 g/mol. The topological polar surface area (TPSA) is 67.9 Å². The molecule has 25 heavy (non-hydrogen) atoms. The first-order chi connectivity index (χ1) is 12.0. The maximum Gasteiger partial charge on any atom is 0.261 e. The highest BCUT2D eigenvalue weighted by atomic mass is 16.5. The zero-order chi connectivity index (χ0) is 18.0. The largest absolute Gasteiger partial charge is 0.454 e. The Morgan fingerprint density at radius 1 is 1.20 bits per heavy atom. The zero-order valence-electron chi connectivity index (χ0n) is 14.5. The quantitative estimate of drug-likeness (QED) is 0.927. The van der Waals surface area contributed by atoms with E-state index >= 15 is 0 Å². The molecule has 2 aromatic rings. The van der Waals surface area contributed by atoms with Crippen molar-refractivity contribution in [3.05, 3.63) is 47.5 Å². The van der Waals surface area contributed by atoms with Gasteiger partial charge in [0, 0.05) is 19.3 Å². The van der Waals surface area contributed by atoms with E-state index in [0.717, 1.165) is 5.56 Å². The van der Waals surface area contributed by atoms with Crippen molar-refractivity contribution in [2.24, 2.45) is 0 Å². The van der Waals surface area contributed by atoms with Gasteiger partial charge >= 0.3 is 0 Å². The normalized spacial score (nSPS) is 12.8. The van der Waals surface area contributed by atoms with Crippen LogP contribution in [0.5, 0.6) is 11.5 Å². The van der Waals surface area contributed by atoms with Gasteiger partial charge in [-0.05, 0) is 49.7 Å². The SMILES string of the molecule is CCOCC(=O)Nc1ccc2c(c1)C(=O)N(C)c1cc(C)ccc1O2. The lowest BCUT2D eigenvalue weighted by molar-refractivity contribution is -0.120. The molecule has 2 amide bonds. The highest BCUT2D eigenvalue weighted by Gasteiger charge is 2.26. The van der Waals surface area contributed by atoms with Gasteiger partial charge in [0.1, 0.15) is 12.4 Å². The average molecular weight is 340 g/mol. The number of hydrogen-bond acceptors (Lipinski definition) is 4. The second-order valence-electron chi connectivity index (χ2n) is 5.83. The van der Waals surface area contributed by atoms with Crippen molar-refractivity contribution >= 4 is 23.2 Å². The molecule has 2 aromatic carbocycles. The molecule has 0 bridgehead atoms. The van der Waals surface area contributed by atoms with E-state index in [0.29, 0.717) is 35.0 Å².